The van der Waals surface area contributed by atoms with E-state index in [4.69, 9.17) is 0 Å². The molecule has 0 bridgehead atoms. The number of imidazole rings is 1. The monoisotopic (exact) mass is 319 g/mol. The molecule has 98 valence electrons. The lowest BCUT2D eigenvalue weighted by Gasteiger charge is -2.02. The Morgan fingerprint density at radius 2 is 2.05 bits per heavy atom. The van der Waals surface area contributed by atoms with Crippen LogP contribution in [0.25, 0.3) is 22.6 Å². The minimum absolute atomic E-state index is 0.810. The SMILES string of the molecule is CCn1cc(-c2nc3cc(Br)ccc3n2CC)nn1. The van der Waals surface area contributed by atoms with Gasteiger partial charge in [-0.2, -0.15) is 0 Å². The smallest absolute Gasteiger partial charge is 0.163 e. The van der Waals surface area contributed by atoms with Crippen LogP contribution < -0.4 is 0 Å². The maximum atomic E-state index is 4.68. The number of aryl methyl sites for hydroxylation is 2. The van der Waals surface area contributed by atoms with E-state index in [1.54, 1.807) is 0 Å². The second-order valence-corrected chi connectivity index (χ2v) is 5.19. The molecule has 0 fully saturated rings. The molecule has 0 N–H and O–H groups in total. The third-order valence-electron chi connectivity index (χ3n) is 3.12. The van der Waals surface area contributed by atoms with Gasteiger partial charge >= 0.3 is 0 Å². The molecular formula is C13H14BrN5. The summed E-state index contributed by atoms with van der Waals surface area (Å²) < 4.78 is 5.00. The van der Waals surface area contributed by atoms with Crippen LogP contribution in [0.5, 0.6) is 0 Å². The third kappa shape index (κ3) is 2.06. The van der Waals surface area contributed by atoms with Gasteiger partial charge in [-0.15, -0.1) is 5.10 Å². The highest BCUT2D eigenvalue weighted by atomic mass is 79.9. The van der Waals surface area contributed by atoms with Gasteiger partial charge in [0.15, 0.2) is 5.82 Å². The number of rotatable bonds is 3. The maximum Gasteiger partial charge on any atom is 0.163 e. The van der Waals surface area contributed by atoms with Crippen LogP contribution in [0.4, 0.5) is 0 Å². The molecule has 0 aliphatic rings. The molecule has 0 saturated carbocycles. The van der Waals surface area contributed by atoms with E-state index in [2.05, 4.69) is 48.8 Å². The van der Waals surface area contributed by atoms with E-state index in [9.17, 15) is 0 Å². The van der Waals surface area contributed by atoms with Gasteiger partial charge in [-0.05, 0) is 32.0 Å². The normalized spacial score (nSPS) is 11.3. The molecule has 6 heteroatoms. The fourth-order valence-corrected chi connectivity index (χ4v) is 2.52. The summed E-state index contributed by atoms with van der Waals surface area (Å²) in [5, 5.41) is 8.28. The maximum absolute atomic E-state index is 4.68. The highest BCUT2D eigenvalue weighted by Gasteiger charge is 2.14. The number of hydrogen-bond acceptors (Lipinski definition) is 3. The first-order chi connectivity index (χ1) is 9.22. The first kappa shape index (κ1) is 12.3. The summed E-state index contributed by atoms with van der Waals surface area (Å²) in [6.07, 6.45) is 1.93. The molecule has 0 amide bonds. The van der Waals surface area contributed by atoms with Crippen LogP contribution in [0.3, 0.4) is 0 Å². The molecule has 0 atom stereocenters. The highest BCUT2D eigenvalue weighted by Crippen LogP contribution is 2.25. The van der Waals surface area contributed by atoms with Gasteiger partial charge in [0, 0.05) is 17.6 Å². The second-order valence-electron chi connectivity index (χ2n) is 4.27. The van der Waals surface area contributed by atoms with E-state index in [1.807, 2.05) is 29.9 Å². The lowest BCUT2D eigenvalue weighted by Crippen LogP contribution is -1.97. The summed E-state index contributed by atoms with van der Waals surface area (Å²) in [4.78, 5) is 4.68. The Bertz CT molecular complexity index is 728. The average Bonchev–Trinajstić information content (AvgIpc) is 3.01. The molecule has 3 rings (SSSR count). The Kier molecular flexibility index (Phi) is 3.10. The predicted octanol–water partition coefficient (Wildman–Crippen LogP) is 3.10. The highest BCUT2D eigenvalue weighted by molar-refractivity contribution is 9.10. The largest absolute Gasteiger partial charge is 0.323 e. The van der Waals surface area contributed by atoms with Crippen molar-refractivity contribution in [2.75, 3.05) is 0 Å². The Balaban J connectivity index is 2.22. The summed E-state index contributed by atoms with van der Waals surface area (Å²) in [6.45, 7) is 5.81. The number of benzene rings is 1. The molecule has 0 saturated heterocycles. The summed E-state index contributed by atoms with van der Waals surface area (Å²) >= 11 is 3.48. The van der Waals surface area contributed by atoms with E-state index in [0.29, 0.717) is 0 Å². The zero-order chi connectivity index (χ0) is 13.4. The Labute approximate surface area is 119 Å². The Morgan fingerprint density at radius 1 is 1.21 bits per heavy atom. The molecule has 0 unspecified atom stereocenters. The fraction of sp³-hybridized carbons (Fsp3) is 0.308. The molecule has 0 radical (unpaired) electrons. The van der Waals surface area contributed by atoms with Crippen molar-refractivity contribution in [2.45, 2.75) is 26.9 Å². The van der Waals surface area contributed by atoms with E-state index in [1.165, 1.54) is 0 Å². The van der Waals surface area contributed by atoms with Gasteiger partial charge in [0.1, 0.15) is 5.69 Å². The number of hydrogen-bond donors (Lipinski definition) is 0. The summed E-state index contributed by atoms with van der Waals surface area (Å²) in [7, 11) is 0. The van der Waals surface area contributed by atoms with Crippen molar-refractivity contribution < 1.29 is 0 Å². The molecule has 0 spiro atoms. The van der Waals surface area contributed by atoms with Crippen LogP contribution in [0.1, 0.15) is 13.8 Å². The van der Waals surface area contributed by atoms with E-state index in [-0.39, 0.29) is 0 Å². The molecule has 3 aromatic rings. The van der Waals surface area contributed by atoms with E-state index < -0.39 is 0 Å². The van der Waals surface area contributed by atoms with Crippen LogP contribution in [0.15, 0.2) is 28.9 Å². The topological polar surface area (TPSA) is 48.5 Å². The summed E-state index contributed by atoms with van der Waals surface area (Å²) in [5.74, 6) is 0.871. The van der Waals surface area contributed by atoms with Gasteiger partial charge in [-0.25, -0.2) is 4.98 Å². The zero-order valence-electron chi connectivity index (χ0n) is 10.8. The minimum atomic E-state index is 0.810. The van der Waals surface area contributed by atoms with Gasteiger partial charge in [-0.3, -0.25) is 4.68 Å². The van der Waals surface area contributed by atoms with Gasteiger partial charge in [0.05, 0.1) is 17.2 Å². The number of halogens is 1. The molecule has 2 aromatic heterocycles. The van der Waals surface area contributed by atoms with Crippen molar-refractivity contribution in [2.24, 2.45) is 0 Å². The molecule has 0 aliphatic carbocycles. The van der Waals surface area contributed by atoms with Gasteiger partial charge in [0.25, 0.3) is 0 Å². The number of fused-ring (bicyclic) bond motifs is 1. The van der Waals surface area contributed by atoms with Crippen molar-refractivity contribution in [1.82, 2.24) is 24.5 Å². The third-order valence-corrected chi connectivity index (χ3v) is 3.61. The summed E-state index contributed by atoms with van der Waals surface area (Å²) in [6, 6.07) is 6.13. The number of nitrogens with zero attached hydrogens (tertiary/aromatic N) is 5. The van der Waals surface area contributed by atoms with Crippen LogP contribution in [-0.2, 0) is 13.1 Å². The quantitative estimate of drug-likeness (QED) is 0.745. The Hall–Kier alpha value is -1.69. The van der Waals surface area contributed by atoms with Crippen molar-refractivity contribution in [3.05, 3.63) is 28.9 Å². The van der Waals surface area contributed by atoms with Crippen molar-refractivity contribution in [1.29, 1.82) is 0 Å². The van der Waals surface area contributed by atoms with Crippen molar-refractivity contribution in [3.8, 4) is 11.5 Å². The lowest BCUT2D eigenvalue weighted by molar-refractivity contribution is 0.627. The predicted molar refractivity (Wildman–Crippen MR) is 77.8 cm³/mol. The zero-order valence-corrected chi connectivity index (χ0v) is 12.4. The molecule has 1 aromatic carbocycles. The first-order valence-electron chi connectivity index (χ1n) is 6.29. The Morgan fingerprint density at radius 3 is 2.74 bits per heavy atom. The van der Waals surface area contributed by atoms with Gasteiger partial charge in [0.2, 0.25) is 0 Å². The van der Waals surface area contributed by atoms with E-state index >= 15 is 0 Å². The lowest BCUT2D eigenvalue weighted by atomic mass is 10.3. The van der Waals surface area contributed by atoms with Gasteiger partial charge in [-0.1, -0.05) is 21.1 Å². The van der Waals surface area contributed by atoms with Crippen molar-refractivity contribution in [3.63, 3.8) is 0 Å². The van der Waals surface area contributed by atoms with Gasteiger partial charge < -0.3 is 4.57 Å². The van der Waals surface area contributed by atoms with Crippen LogP contribution in [-0.4, -0.2) is 24.5 Å². The molecule has 2 heterocycles. The van der Waals surface area contributed by atoms with Crippen LogP contribution >= 0.6 is 15.9 Å². The standard InChI is InChI=1S/C13H14BrN5/c1-3-18-8-11(16-17-18)13-15-10-7-9(14)5-6-12(10)19(13)4-2/h5-8H,3-4H2,1-2H3. The van der Waals surface area contributed by atoms with Crippen LogP contribution in [0, 0.1) is 0 Å². The fourth-order valence-electron chi connectivity index (χ4n) is 2.17. The first-order valence-corrected chi connectivity index (χ1v) is 7.08. The molecular weight excluding hydrogens is 306 g/mol. The summed E-state index contributed by atoms with van der Waals surface area (Å²) in [5.41, 5.74) is 2.90. The molecule has 5 nitrogen and oxygen atoms in total. The van der Waals surface area contributed by atoms with Crippen molar-refractivity contribution >= 4 is 27.0 Å². The minimum Gasteiger partial charge on any atom is -0.323 e. The second kappa shape index (κ2) is 4.77. The average molecular weight is 320 g/mol. The number of aromatic nitrogens is 5. The van der Waals surface area contributed by atoms with E-state index in [0.717, 1.165) is 40.1 Å². The van der Waals surface area contributed by atoms with Crippen LogP contribution in [0.2, 0.25) is 0 Å². The molecule has 19 heavy (non-hydrogen) atoms. The molecule has 0 aliphatic heterocycles.